The summed E-state index contributed by atoms with van der Waals surface area (Å²) in [5.41, 5.74) is -0.283. The van der Waals surface area contributed by atoms with Gasteiger partial charge in [-0.15, -0.1) is 35.8 Å². The van der Waals surface area contributed by atoms with Crippen molar-refractivity contribution in [2.45, 2.75) is 24.7 Å². The molecule has 2 aromatic heterocycles. The highest BCUT2D eigenvalue weighted by Gasteiger charge is 2.55. The van der Waals surface area contributed by atoms with Gasteiger partial charge >= 0.3 is 6.36 Å². The van der Waals surface area contributed by atoms with Crippen molar-refractivity contribution in [1.29, 1.82) is 0 Å². The van der Waals surface area contributed by atoms with Crippen LogP contribution in [0, 0.1) is 0 Å². The van der Waals surface area contributed by atoms with Crippen molar-refractivity contribution in [3.63, 3.8) is 0 Å². The third-order valence-corrected chi connectivity index (χ3v) is 7.41. The van der Waals surface area contributed by atoms with Crippen molar-refractivity contribution in [2.24, 2.45) is 0 Å². The van der Waals surface area contributed by atoms with Crippen molar-refractivity contribution in [2.75, 3.05) is 43.9 Å². The number of amides is 2. The number of likely N-dealkylation sites (N-methyl/N-ethyl adjacent to an activating group) is 1. The minimum absolute atomic E-state index is 0. The van der Waals surface area contributed by atoms with E-state index >= 15 is 0 Å². The van der Waals surface area contributed by atoms with E-state index in [1.807, 2.05) is 7.05 Å². The number of pyridine rings is 1. The Labute approximate surface area is 232 Å². The van der Waals surface area contributed by atoms with Crippen molar-refractivity contribution in [1.82, 2.24) is 25.0 Å². The van der Waals surface area contributed by atoms with Crippen LogP contribution >= 0.6 is 23.7 Å². The summed E-state index contributed by atoms with van der Waals surface area (Å²) in [6, 6.07) is 6.89. The van der Waals surface area contributed by atoms with Crippen LogP contribution in [0.1, 0.15) is 23.2 Å². The van der Waals surface area contributed by atoms with Crippen molar-refractivity contribution < 1.29 is 27.5 Å². The largest absolute Gasteiger partial charge is 0.573 e. The van der Waals surface area contributed by atoms with Gasteiger partial charge in [-0.1, -0.05) is 11.3 Å². The smallest absolute Gasteiger partial charge is 0.404 e. The Bertz CT molecular complexity index is 1330. The molecule has 2 amide bonds. The third kappa shape index (κ3) is 6.64. The predicted octanol–water partition coefficient (Wildman–Crippen LogP) is 3.89. The summed E-state index contributed by atoms with van der Waals surface area (Å²) in [7, 11) is 2.00. The SMILES string of the molecule is CN1CCN(C2(C(=O)Nc3cc(C(=O)Nc4nnc(-c5cccnc5)s4)ccc3OC(F)(F)F)CC2)CC1.Cl. The van der Waals surface area contributed by atoms with Gasteiger partial charge in [-0.25, -0.2) is 0 Å². The molecule has 10 nitrogen and oxygen atoms in total. The van der Waals surface area contributed by atoms with E-state index in [0.29, 0.717) is 30.9 Å². The number of nitrogens with one attached hydrogen (secondary N) is 2. The summed E-state index contributed by atoms with van der Waals surface area (Å²) >= 11 is 1.12. The maximum Gasteiger partial charge on any atom is 0.573 e. The van der Waals surface area contributed by atoms with Gasteiger partial charge in [-0.05, 0) is 50.2 Å². The summed E-state index contributed by atoms with van der Waals surface area (Å²) in [6.07, 6.45) is -0.544. The monoisotopic (exact) mass is 583 g/mol. The van der Waals surface area contributed by atoms with Gasteiger partial charge in [-0.3, -0.25) is 24.8 Å². The second-order valence-electron chi connectivity index (χ2n) is 9.14. The Morgan fingerprint density at radius 3 is 2.46 bits per heavy atom. The minimum Gasteiger partial charge on any atom is -0.404 e. The highest BCUT2D eigenvalue weighted by atomic mass is 35.5. The number of anilines is 2. The second-order valence-corrected chi connectivity index (χ2v) is 10.1. The predicted molar refractivity (Wildman–Crippen MR) is 141 cm³/mol. The van der Waals surface area contributed by atoms with Crippen LogP contribution in [0.4, 0.5) is 24.0 Å². The van der Waals surface area contributed by atoms with Crippen molar-refractivity contribution in [3.05, 3.63) is 48.3 Å². The zero-order valence-corrected chi connectivity index (χ0v) is 22.3. The number of nitrogens with zero attached hydrogens (tertiary/aromatic N) is 5. The standard InChI is InChI=1S/C24H24F3N7O3S.ClH/c1-33-9-11-34(12-10-33)23(6-7-23)21(36)29-17-13-15(4-5-18(17)37-24(25,26)27)19(35)30-22-32-31-20(38-22)16-3-2-8-28-14-16;/h2-5,8,13-14H,6-7,9-12H2,1H3,(H,29,36)(H,30,32,35);1H. The zero-order valence-electron chi connectivity index (χ0n) is 20.7. The first kappa shape index (κ1) is 28.7. The van der Waals surface area contributed by atoms with E-state index in [1.54, 1.807) is 24.5 Å². The molecule has 1 aromatic carbocycles. The van der Waals surface area contributed by atoms with E-state index in [9.17, 15) is 22.8 Å². The zero-order chi connectivity index (χ0) is 26.9. The number of aromatic nitrogens is 3. The molecule has 1 aliphatic heterocycles. The molecule has 0 bridgehead atoms. The van der Waals surface area contributed by atoms with Gasteiger partial charge < -0.3 is 15.0 Å². The molecule has 0 spiro atoms. The average Bonchev–Trinajstić information content (AvgIpc) is 3.57. The highest BCUT2D eigenvalue weighted by Crippen LogP contribution is 2.44. The fraction of sp³-hybridized carbons (Fsp3) is 0.375. The molecule has 3 heterocycles. The summed E-state index contributed by atoms with van der Waals surface area (Å²) in [4.78, 5) is 34.4. The summed E-state index contributed by atoms with van der Waals surface area (Å²) in [5, 5.41) is 13.9. The van der Waals surface area contributed by atoms with E-state index in [2.05, 4.69) is 40.4 Å². The van der Waals surface area contributed by atoms with Crippen LogP contribution in [0.3, 0.4) is 0 Å². The molecule has 5 rings (SSSR count). The molecule has 1 saturated heterocycles. The van der Waals surface area contributed by atoms with E-state index in [1.165, 1.54) is 6.07 Å². The molecule has 2 N–H and O–H groups in total. The number of ether oxygens (including phenoxy) is 1. The normalized spacial score (nSPS) is 17.1. The maximum atomic E-state index is 13.3. The van der Waals surface area contributed by atoms with Crippen LogP contribution in [-0.2, 0) is 4.79 Å². The molecule has 39 heavy (non-hydrogen) atoms. The highest BCUT2D eigenvalue weighted by molar-refractivity contribution is 7.18. The lowest BCUT2D eigenvalue weighted by molar-refractivity contribution is -0.274. The summed E-state index contributed by atoms with van der Waals surface area (Å²) in [6.45, 7) is 2.95. The van der Waals surface area contributed by atoms with Crippen LogP contribution in [0.2, 0.25) is 0 Å². The Hall–Kier alpha value is -3.33. The second kappa shape index (κ2) is 11.4. The Balaban J connectivity index is 0.00000353. The molecule has 15 heteroatoms. The number of benzene rings is 1. The lowest BCUT2D eigenvalue weighted by atomic mass is 10.1. The number of alkyl halides is 3. The molecular weight excluding hydrogens is 559 g/mol. The van der Waals surface area contributed by atoms with Gasteiger partial charge in [0, 0.05) is 49.7 Å². The molecule has 1 aliphatic carbocycles. The van der Waals surface area contributed by atoms with E-state index in [0.717, 1.165) is 42.1 Å². The van der Waals surface area contributed by atoms with Gasteiger partial charge in [0.1, 0.15) is 5.54 Å². The number of piperazine rings is 1. The lowest BCUT2D eigenvalue weighted by Crippen LogP contribution is -2.54. The third-order valence-electron chi connectivity index (χ3n) is 6.52. The molecule has 2 aliphatic rings. The van der Waals surface area contributed by atoms with Crippen LogP contribution in [0.15, 0.2) is 42.7 Å². The molecule has 2 fully saturated rings. The molecule has 208 valence electrons. The molecule has 1 saturated carbocycles. The Morgan fingerprint density at radius 2 is 1.82 bits per heavy atom. The number of halogens is 4. The first-order valence-corrected chi connectivity index (χ1v) is 12.6. The molecule has 3 aromatic rings. The molecule has 0 atom stereocenters. The lowest BCUT2D eigenvalue weighted by Gasteiger charge is -2.37. The first-order chi connectivity index (χ1) is 18.1. The van der Waals surface area contributed by atoms with Gasteiger partial charge in [0.05, 0.1) is 5.69 Å². The summed E-state index contributed by atoms with van der Waals surface area (Å²) < 4.78 is 43.4. The fourth-order valence-electron chi connectivity index (χ4n) is 4.31. The van der Waals surface area contributed by atoms with Crippen molar-refractivity contribution in [3.8, 4) is 16.3 Å². The average molecular weight is 584 g/mol. The minimum atomic E-state index is -4.98. The Morgan fingerprint density at radius 1 is 1.08 bits per heavy atom. The molecule has 0 unspecified atom stereocenters. The van der Waals surface area contributed by atoms with Crippen LogP contribution in [0.25, 0.3) is 10.6 Å². The topological polar surface area (TPSA) is 113 Å². The number of rotatable bonds is 7. The number of hydrogen-bond acceptors (Lipinski definition) is 9. The quantitative estimate of drug-likeness (QED) is 0.431. The fourth-order valence-corrected chi connectivity index (χ4v) is 5.04. The number of carbonyl (C=O) groups is 2. The number of hydrogen-bond donors (Lipinski definition) is 2. The van der Waals surface area contributed by atoms with Gasteiger partial charge in [0.2, 0.25) is 11.0 Å². The molecule has 0 radical (unpaired) electrons. The van der Waals surface area contributed by atoms with Gasteiger partial charge in [0.25, 0.3) is 5.91 Å². The van der Waals surface area contributed by atoms with Crippen LogP contribution < -0.4 is 15.4 Å². The first-order valence-electron chi connectivity index (χ1n) is 11.8. The van der Waals surface area contributed by atoms with Crippen LogP contribution in [-0.4, -0.2) is 81.9 Å². The van der Waals surface area contributed by atoms with E-state index in [4.69, 9.17) is 0 Å². The number of carbonyl (C=O) groups excluding carboxylic acids is 2. The Kier molecular flexibility index (Phi) is 8.39. The van der Waals surface area contributed by atoms with Gasteiger partial charge in [-0.2, -0.15) is 0 Å². The summed E-state index contributed by atoms with van der Waals surface area (Å²) in [5.74, 6) is -1.66. The van der Waals surface area contributed by atoms with Gasteiger partial charge in [0.15, 0.2) is 10.8 Å². The van der Waals surface area contributed by atoms with E-state index in [-0.39, 0.29) is 28.8 Å². The molecular formula is C24H25ClF3N7O3S. The van der Waals surface area contributed by atoms with E-state index < -0.39 is 29.5 Å². The maximum absolute atomic E-state index is 13.3. The van der Waals surface area contributed by atoms with Crippen LogP contribution in [0.5, 0.6) is 5.75 Å². The van der Waals surface area contributed by atoms with Crippen molar-refractivity contribution >= 4 is 46.4 Å².